The number of carbonyl (C=O) groups is 2. The number of methoxy groups -OCH3 is 1. The van der Waals surface area contributed by atoms with Crippen molar-refractivity contribution >= 4 is 28.9 Å². The molecule has 9 nitrogen and oxygen atoms in total. The molecule has 158 valence electrons. The number of amides is 2. The van der Waals surface area contributed by atoms with Crippen LogP contribution < -0.4 is 20.1 Å². The maximum Gasteiger partial charge on any atom is 0.269 e. The third-order valence-electron chi connectivity index (χ3n) is 4.17. The maximum absolute atomic E-state index is 12.3. The Balaban J connectivity index is 1.58. The van der Waals surface area contributed by atoms with Gasteiger partial charge in [0.15, 0.2) is 18.1 Å². The number of nitrogens with zero attached hydrogens (tertiary/aromatic N) is 1. The normalized spacial score (nSPS) is 10.1. The molecule has 0 aliphatic heterocycles. The van der Waals surface area contributed by atoms with E-state index in [0.29, 0.717) is 22.9 Å². The molecule has 0 atom stereocenters. The Kier molecular flexibility index (Phi) is 6.79. The van der Waals surface area contributed by atoms with Crippen LogP contribution in [0.3, 0.4) is 0 Å². The Morgan fingerprint density at radius 1 is 0.903 bits per heavy atom. The monoisotopic (exact) mass is 421 g/mol. The van der Waals surface area contributed by atoms with Crippen LogP contribution in [0.4, 0.5) is 17.1 Å². The zero-order valence-electron chi connectivity index (χ0n) is 16.5. The van der Waals surface area contributed by atoms with E-state index >= 15 is 0 Å². The fourth-order valence-corrected chi connectivity index (χ4v) is 2.69. The van der Waals surface area contributed by atoms with Crippen molar-refractivity contribution in [2.45, 2.75) is 0 Å². The quantitative estimate of drug-likeness (QED) is 0.421. The lowest BCUT2D eigenvalue weighted by atomic mass is 10.2. The summed E-state index contributed by atoms with van der Waals surface area (Å²) in [5.74, 6) is 0.151. The molecule has 0 saturated heterocycles. The van der Waals surface area contributed by atoms with E-state index in [-0.39, 0.29) is 23.8 Å². The second kappa shape index (κ2) is 9.88. The van der Waals surface area contributed by atoms with Crippen LogP contribution in [0.1, 0.15) is 10.4 Å². The zero-order valence-corrected chi connectivity index (χ0v) is 16.5. The van der Waals surface area contributed by atoms with E-state index in [1.165, 1.54) is 31.4 Å². The molecular formula is C22H19N3O6. The number of benzene rings is 3. The second-order valence-electron chi connectivity index (χ2n) is 6.33. The average Bonchev–Trinajstić information content (AvgIpc) is 2.78. The van der Waals surface area contributed by atoms with Gasteiger partial charge in [-0.05, 0) is 42.5 Å². The average molecular weight is 421 g/mol. The van der Waals surface area contributed by atoms with E-state index in [1.807, 2.05) is 0 Å². The molecule has 2 N–H and O–H groups in total. The summed E-state index contributed by atoms with van der Waals surface area (Å²) in [5.41, 5.74) is 1.09. The molecule has 3 aromatic rings. The molecule has 0 bridgehead atoms. The van der Waals surface area contributed by atoms with Crippen molar-refractivity contribution in [1.82, 2.24) is 0 Å². The van der Waals surface area contributed by atoms with E-state index in [2.05, 4.69) is 10.6 Å². The molecule has 9 heteroatoms. The third kappa shape index (κ3) is 5.80. The van der Waals surface area contributed by atoms with Crippen molar-refractivity contribution in [2.24, 2.45) is 0 Å². The number of nitrogens with one attached hydrogen (secondary N) is 2. The summed E-state index contributed by atoms with van der Waals surface area (Å²) in [6.45, 7) is -0.222. The van der Waals surface area contributed by atoms with Crippen molar-refractivity contribution in [2.75, 3.05) is 24.4 Å². The molecule has 3 rings (SSSR count). The van der Waals surface area contributed by atoms with Crippen molar-refractivity contribution in [3.63, 3.8) is 0 Å². The predicted octanol–water partition coefficient (Wildman–Crippen LogP) is 3.87. The number of ether oxygens (including phenoxy) is 2. The molecule has 0 spiro atoms. The maximum atomic E-state index is 12.3. The van der Waals surface area contributed by atoms with Crippen molar-refractivity contribution in [1.29, 1.82) is 0 Å². The van der Waals surface area contributed by atoms with E-state index < -0.39 is 10.8 Å². The third-order valence-corrected chi connectivity index (χ3v) is 4.17. The molecule has 0 unspecified atom stereocenters. The van der Waals surface area contributed by atoms with Gasteiger partial charge in [-0.1, -0.05) is 18.2 Å². The van der Waals surface area contributed by atoms with Crippen LogP contribution in [0, 0.1) is 10.1 Å². The molecule has 0 aromatic heterocycles. The van der Waals surface area contributed by atoms with Crippen LogP contribution in [0.5, 0.6) is 11.5 Å². The van der Waals surface area contributed by atoms with Gasteiger partial charge < -0.3 is 20.1 Å². The zero-order chi connectivity index (χ0) is 22.2. The van der Waals surface area contributed by atoms with Gasteiger partial charge in [0.25, 0.3) is 17.5 Å². The van der Waals surface area contributed by atoms with Crippen LogP contribution >= 0.6 is 0 Å². The number of hydrogen-bond donors (Lipinski definition) is 2. The van der Waals surface area contributed by atoms with Gasteiger partial charge in [0.2, 0.25) is 0 Å². The first-order valence-corrected chi connectivity index (χ1v) is 9.18. The van der Waals surface area contributed by atoms with Crippen molar-refractivity contribution in [3.8, 4) is 11.5 Å². The molecule has 0 saturated carbocycles. The number of carbonyl (C=O) groups excluding carboxylic acids is 2. The highest BCUT2D eigenvalue weighted by Gasteiger charge is 2.11. The summed E-state index contributed by atoms with van der Waals surface area (Å²) in [6, 6.07) is 18.8. The number of para-hydroxylation sites is 2. The SMILES string of the molecule is COc1ccccc1OCC(=O)Nc1cccc(NC(=O)c2ccc([N+](=O)[O-])cc2)c1. The Morgan fingerprint density at radius 3 is 2.19 bits per heavy atom. The summed E-state index contributed by atoms with van der Waals surface area (Å²) >= 11 is 0. The van der Waals surface area contributed by atoms with Gasteiger partial charge in [-0.15, -0.1) is 0 Å². The number of nitro groups is 1. The number of non-ortho nitro benzene ring substituents is 1. The second-order valence-corrected chi connectivity index (χ2v) is 6.33. The first-order chi connectivity index (χ1) is 15.0. The Bertz CT molecular complexity index is 1100. The van der Waals surface area contributed by atoms with Crippen molar-refractivity contribution in [3.05, 3.63) is 88.5 Å². The van der Waals surface area contributed by atoms with Crippen LogP contribution in [0.2, 0.25) is 0 Å². The fourth-order valence-electron chi connectivity index (χ4n) is 2.69. The highest BCUT2D eigenvalue weighted by molar-refractivity contribution is 6.04. The largest absolute Gasteiger partial charge is 0.493 e. The number of anilines is 2. The summed E-state index contributed by atoms with van der Waals surface area (Å²) in [4.78, 5) is 34.7. The lowest BCUT2D eigenvalue weighted by Gasteiger charge is -2.11. The minimum absolute atomic E-state index is 0.100. The topological polar surface area (TPSA) is 120 Å². The number of nitro benzene ring substituents is 1. The smallest absolute Gasteiger partial charge is 0.269 e. The number of rotatable bonds is 8. The fraction of sp³-hybridized carbons (Fsp3) is 0.0909. The van der Waals surface area contributed by atoms with Crippen LogP contribution in [0.25, 0.3) is 0 Å². The predicted molar refractivity (Wildman–Crippen MR) is 115 cm³/mol. The minimum atomic E-state index is -0.536. The van der Waals surface area contributed by atoms with Gasteiger partial charge in [-0.3, -0.25) is 19.7 Å². The van der Waals surface area contributed by atoms with Crippen LogP contribution in [0.15, 0.2) is 72.8 Å². The molecule has 0 heterocycles. The van der Waals surface area contributed by atoms with E-state index in [0.717, 1.165) is 0 Å². The van der Waals surface area contributed by atoms with Crippen LogP contribution in [-0.4, -0.2) is 30.5 Å². The Hall–Kier alpha value is -4.40. The lowest BCUT2D eigenvalue weighted by molar-refractivity contribution is -0.384. The van der Waals surface area contributed by atoms with Gasteiger partial charge in [-0.2, -0.15) is 0 Å². The Labute approximate surface area is 177 Å². The minimum Gasteiger partial charge on any atom is -0.493 e. The first kappa shape index (κ1) is 21.3. The number of hydrogen-bond acceptors (Lipinski definition) is 6. The molecule has 3 aromatic carbocycles. The standard InChI is InChI=1S/C22H19N3O6/c1-30-19-7-2-3-8-20(19)31-14-21(26)23-16-5-4-6-17(13-16)24-22(27)15-9-11-18(12-10-15)25(28)29/h2-13H,14H2,1H3,(H,23,26)(H,24,27). The highest BCUT2D eigenvalue weighted by Crippen LogP contribution is 2.25. The lowest BCUT2D eigenvalue weighted by Crippen LogP contribution is -2.20. The molecule has 2 amide bonds. The van der Waals surface area contributed by atoms with E-state index in [9.17, 15) is 19.7 Å². The Morgan fingerprint density at radius 2 is 1.55 bits per heavy atom. The van der Waals surface area contributed by atoms with E-state index in [4.69, 9.17) is 9.47 Å². The van der Waals surface area contributed by atoms with Gasteiger partial charge in [0, 0.05) is 29.1 Å². The summed E-state index contributed by atoms with van der Waals surface area (Å²) < 4.78 is 10.7. The first-order valence-electron chi connectivity index (χ1n) is 9.18. The summed E-state index contributed by atoms with van der Waals surface area (Å²) in [5, 5.41) is 16.1. The van der Waals surface area contributed by atoms with Gasteiger partial charge in [0.1, 0.15) is 0 Å². The highest BCUT2D eigenvalue weighted by atomic mass is 16.6. The molecule has 0 aliphatic rings. The van der Waals surface area contributed by atoms with E-state index in [1.54, 1.807) is 48.5 Å². The molecule has 0 radical (unpaired) electrons. The molecule has 0 fully saturated rings. The molecular weight excluding hydrogens is 402 g/mol. The van der Waals surface area contributed by atoms with Crippen LogP contribution in [-0.2, 0) is 4.79 Å². The molecule has 31 heavy (non-hydrogen) atoms. The van der Waals surface area contributed by atoms with Crippen molar-refractivity contribution < 1.29 is 24.0 Å². The van der Waals surface area contributed by atoms with Gasteiger partial charge in [-0.25, -0.2) is 0 Å². The summed E-state index contributed by atoms with van der Waals surface area (Å²) in [7, 11) is 1.51. The van der Waals surface area contributed by atoms with Gasteiger partial charge in [0.05, 0.1) is 12.0 Å². The molecule has 0 aliphatic carbocycles. The summed E-state index contributed by atoms with van der Waals surface area (Å²) in [6.07, 6.45) is 0. The van der Waals surface area contributed by atoms with Gasteiger partial charge >= 0.3 is 0 Å².